The lowest BCUT2D eigenvalue weighted by Gasteiger charge is -2.07. The Bertz CT molecular complexity index is 412. The van der Waals surface area contributed by atoms with Gasteiger partial charge in [0.1, 0.15) is 0 Å². The maximum atomic E-state index is 11.5. The first-order chi connectivity index (χ1) is 8.49. The van der Waals surface area contributed by atoms with Gasteiger partial charge in [0.15, 0.2) is 0 Å². The highest BCUT2D eigenvalue weighted by Crippen LogP contribution is 2.06. The van der Waals surface area contributed by atoms with Crippen molar-refractivity contribution in [2.45, 2.75) is 33.2 Å². The van der Waals surface area contributed by atoms with Crippen LogP contribution in [0.4, 0.5) is 0 Å². The van der Waals surface area contributed by atoms with Crippen molar-refractivity contribution in [3.63, 3.8) is 0 Å². The molecule has 1 rings (SSSR count). The molecular formula is C14H19NO3. The van der Waals surface area contributed by atoms with Crippen LogP contribution in [0.15, 0.2) is 24.3 Å². The molecular weight excluding hydrogens is 230 g/mol. The number of carboxylic acid groups (broad SMARTS) is 1. The predicted octanol–water partition coefficient (Wildman–Crippen LogP) is 2.11. The van der Waals surface area contributed by atoms with E-state index < -0.39 is 11.9 Å². The molecule has 4 nitrogen and oxygen atoms in total. The third kappa shape index (κ3) is 4.99. The Morgan fingerprint density at radius 1 is 1.28 bits per heavy atom. The first-order valence-corrected chi connectivity index (χ1v) is 6.04. The van der Waals surface area contributed by atoms with E-state index in [2.05, 4.69) is 5.32 Å². The Labute approximate surface area is 107 Å². The first-order valence-electron chi connectivity index (χ1n) is 6.04. The van der Waals surface area contributed by atoms with E-state index >= 15 is 0 Å². The molecule has 0 bridgehead atoms. The number of hydrogen-bond donors (Lipinski definition) is 2. The van der Waals surface area contributed by atoms with Crippen LogP contribution < -0.4 is 5.32 Å². The van der Waals surface area contributed by atoms with Crippen molar-refractivity contribution in [2.24, 2.45) is 5.92 Å². The van der Waals surface area contributed by atoms with Gasteiger partial charge in [-0.1, -0.05) is 36.8 Å². The standard InChI is InChI=1S/C14H19NO3/c1-10-3-6-12(7-4-10)9-15-13(16)8-5-11(2)14(17)18/h3-4,6-7,11H,5,8-9H2,1-2H3,(H,15,16)(H,17,18). The van der Waals surface area contributed by atoms with Crippen LogP contribution in [-0.4, -0.2) is 17.0 Å². The van der Waals surface area contributed by atoms with Crippen LogP contribution in [0.25, 0.3) is 0 Å². The summed E-state index contributed by atoms with van der Waals surface area (Å²) in [7, 11) is 0. The highest BCUT2D eigenvalue weighted by atomic mass is 16.4. The molecule has 4 heteroatoms. The second kappa shape index (κ2) is 6.79. The zero-order chi connectivity index (χ0) is 13.5. The van der Waals surface area contributed by atoms with Crippen molar-refractivity contribution in [3.8, 4) is 0 Å². The lowest BCUT2D eigenvalue weighted by molar-refractivity contribution is -0.141. The Balaban J connectivity index is 2.29. The van der Waals surface area contributed by atoms with Crippen LogP contribution in [-0.2, 0) is 16.1 Å². The molecule has 1 atom stereocenters. The van der Waals surface area contributed by atoms with Gasteiger partial charge >= 0.3 is 5.97 Å². The fourth-order valence-corrected chi connectivity index (χ4v) is 1.47. The average Bonchev–Trinajstić information content (AvgIpc) is 2.35. The molecule has 1 amide bonds. The summed E-state index contributed by atoms with van der Waals surface area (Å²) in [4.78, 5) is 22.1. The van der Waals surface area contributed by atoms with Gasteiger partial charge in [-0.2, -0.15) is 0 Å². The van der Waals surface area contributed by atoms with E-state index in [1.807, 2.05) is 31.2 Å². The maximum absolute atomic E-state index is 11.5. The van der Waals surface area contributed by atoms with Crippen molar-refractivity contribution in [1.29, 1.82) is 0 Å². The second-order valence-electron chi connectivity index (χ2n) is 4.54. The largest absolute Gasteiger partial charge is 0.481 e. The van der Waals surface area contributed by atoms with Gasteiger partial charge in [-0.15, -0.1) is 0 Å². The topological polar surface area (TPSA) is 66.4 Å². The van der Waals surface area contributed by atoms with Gasteiger partial charge in [0.2, 0.25) is 5.91 Å². The molecule has 0 aromatic heterocycles. The molecule has 2 N–H and O–H groups in total. The summed E-state index contributed by atoms with van der Waals surface area (Å²) < 4.78 is 0. The zero-order valence-electron chi connectivity index (χ0n) is 10.8. The second-order valence-corrected chi connectivity index (χ2v) is 4.54. The van der Waals surface area contributed by atoms with E-state index in [0.29, 0.717) is 13.0 Å². The minimum absolute atomic E-state index is 0.108. The summed E-state index contributed by atoms with van der Waals surface area (Å²) in [5.74, 6) is -1.44. The van der Waals surface area contributed by atoms with Crippen LogP contribution in [0.3, 0.4) is 0 Å². The Hall–Kier alpha value is -1.84. The fourth-order valence-electron chi connectivity index (χ4n) is 1.47. The van der Waals surface area contributed by atoms with Gasteiger partial charge in [-0.05, 0) is 18.9 Å². The summed E-state index contributed by atoms with van der Waals surface area (Å²) in [6, 6.07) is 7.92. The fraction of sp³-hybridized carbons (Fsp3) is 0.429. The van der Waals surface area contributed by atoms with Gasteiger partial charge in [0.25, 0.3) is 0 Å². The van der Waals surface area contributed by atoms with E-state index in [9.17, 15) is 9.59 Å². The van der Waals surface area contributed by atoms with Crippen LogP contribution >= 0.6 is 0 Å². The van der Waals surface area contributed by atoms with Crippen molar-refractivity contribution >= 4 is 11.9 Å². The minimum atomic E-state index is -0.860. The average molecular weight is 249 g/mol. The predicted molar refractivity (Wildman–Crippen MR) is 69.1 cm³/mol. The van der Waals surface area contributed by atoms with E-state index in [-0.39, 0.29) is 12.3 Å². The Morgan fingerprint density at radius 2 is 1.89 bits per heavy atom. The van der Waals surface area contributed by atoms with Crippen molar-refractivity contribution in [2.75, 3.05) is 0 Å². The number of amides is 1. The molecule has 0 saturated heterocycles. The molecule has 0 fully saturated rings. The van der Waals surface area contributed by atoms with Crippen molar-refractivity contribution < 1.29 is 14.7 Å². The number of benzene rings is 1. The van der Waals surface area contributed by atoms with Crippen LogP contribution in [0.2, 0.25) is 0 Å². The number of aliphatic carboxylic acids is 1. The first kappa shape index (κ1) is 14.2. The maximum Gasteiger partial charge on any atom is 0.306 e. The zero-order valence-corrected chi connectivity index (χ0v) is 10.8. The lowest BCUT2D eigenvalue weighted by Crippen LogP contribution is -2.23. The third-order valence-corrected chi connectivity index (χ3v) is 2.84. The normalized spacial score (nSPS) is 11.9. The molecule has 0 spiro atoms. The van der Waals surface area contributed by atoms with Gasteiger partial charge in [-0.3, -0.25) is 9.59 Å². The van der Waals surface area contributed by atoms with Crippen LogP contribution in [0.1, 0.15) is 30.9 Å². The van der Waals surface area contributed by atoms with E-state index in [1.165, 1.54) is 5.56 Å². The smallest absolute Gasteiger partial charge is 0.306 e. The summed E-state index contributed by atoms with van der Waals surface area (Å²) in [6.45, 7) is 4.10. The van der Waals surface area contributed by atoms with Gasteiger partial charge in [-0.25, -0.2) is 0 Å². The van der Waals surface area contributed by atoms with Crippen LogP contribution in [0.5, 0.6) is 0 Å². The number of carbonyl (C=O) groups is 2. The number of rotatable bonds is 6. The Morgan fingerprint density at radius 3 is 2.44 bits per heavy atom. The molecule has 0 saturated carbocycles. The number of carbonyl (C=O) groups excluding carboxylic acids is 1. The molecule has 1 aromatic carbocycles. The lowest BCUT2D eigenvalue weighted by atomic mass is 10.1. The number of carboxylic acids is 1. The molecule has 98 valence electrons. The summed E-state index contributed by atoms with van der Waals surface area (Å²) in [6.07, 6.45) is 0.619. The Kier molecular flexibility index (Phi) is 5.36. The van der Waals surface area contributed by atoms with Gasteiger partial charge in [0.05, 0.1) is 5.92 Å². The van der Waals surface area contributed by atoms with Crippen molar-refractivity contribution in [3.05, 3.63) is 35.4 Å². The molecule has 0 aliphatic rings. The van der Waals surface area contributed by atoms with E-state index in [1.54, 1.807) is 6.92 Å². The number of aryl methyl sites for hydroxylation is 1. The molecule has 1 unspecified atom stereocenters. The number of hydrogen-bond acceptors (Lipinski definition) is 2. The highest BCUT2D eigenvalue weighted by molar-refractivity contribution is 5.77. The molecule has 1 aromatic rings. The van der Waals surface area contributed by atoms with Crippen LogP contribution in [0, 0.1) is 12.8 Å². The molecule has 0 heterocycles. The molecule has 0 radical (unpaired) electrons. The highest BCUT2D eigenvalue weighted by Gasteiger charge is 2.12. The quantitative estimate of drug-likeness (QED) is 0.811. The van der Waals surface area contributed by atoms with Gasteiger partial charge < -0.3 is 10.4 Å². The third-order valence-electron chi connectivity index (χ3n) is 2.84. The molecule has 0 aliphatic carbocycles. The number of nitrogens with one attached hydrogen (secondary N) is 1. The van der Waals surface area contributed by atoms with E-state index in [0.717, 1.165) is 5.56 Å². The SMILES string of the molecule is Cc1ccc(CNC(=O)CCC(C)C(=O)O)cc1. The molecule has 18 heavy (non-hydrogen) atoms. The summed E-state index contributed by atoms with van der Waals surface area (Å²) >= 11 is 0. The van der Waals surface area contributed by atoms with Gasteiger partial charge in [0, 0.05) is 13.0 Å². The minimum Gasteiger partial charge on any atom is -0.481 e. The monoisotopic (exact) mass is 249 g/mol. The summed E-state index contributed by atoms with van der Waals surface area (Å²) in [5, 5.41) is 11.5. The molecule has 0 aliphatic heterocycles. The van der Waals surface area contributed by atoms with E-state index in [4.69, 9.17) is 5.11 Å². The van der Waals surface area contributed by atoms with Crippen molar-refractivity contribution in [1.82, 2.24) is 5.32 Å². The summed E-state index contributed by atoms with van der Waals surface area (Å²) in [5.41, 5.74) is 2.22.